The first-order chi connectivity index (χ1) is 7.79. The molecule has 0 aromatic rings. The summed E-state index contributed by atoms with van der Waals surface area (Å²) in [6.07, 6.45) is 14.6. The zero-order chi connectivity index (χ0) is 11.6. The van der Waals surface area contributed by atoms with Crippen molar-refractivity contribution in [1.29, 1.82) is 0 Å². The first-order valence-corrected chi connectivity index (χ1v) is 7.06. The average Bonchev–Trinajstić information content (AvgIpc) is 2.21. The van der Waals surface area contributed by atoms with E-state index in [4.69, 9.17) is 0 Å². The largest absolute Gasteiger partial charge is 0.363 e. The lowest BCUT2D eigenvalue weighted by Crippen LogP contribution is -2.33. The molecular weight excluding hydrogens is 197 g/mol. The van der Waals surface area contributed by atoms with Gasteiger partial charge in [0.15, 0.2) is 5.81 Å². The predicted molar refractivity (Wildman–Crippen MR) is 71.7 cm³/mol. The van der Waals surface area contributed by atoms with E-state index in [1.807, 2.05) is 0 Å². The van der Waals surface area contributed by atoms with Crippen LogP contribution in [0.15, 0.2) is 0 Å². The van der Waals surface area contributed by atoms with Crippen molar-refractivity contribution < 1.29 is 4.79 Å². The summed E-state index contributed by atoms with van der Waals surface area (Å²) in [5.74, 6) is 0.136. The molecule has 0 atom stereocenters. The highest BCUT2D eigenvalue weighted by Crippen LogP contribution is 2.16. The summed E-state index contributed by atoms with van der Waals surface area (Å²) < 4.78 is 0. The second-order valence-electron chi connectivity index (χ2n) is 5.16. The summed E-state index contributed by atoms with van der Waals surface area (Å²) in [4.78, 5) is 11.1. The monoisotopic (exact) mass is 223 g/mol. The summed E-state index contributed by atoms with van der Waals surface area (Å²) in [6, 6.07) is 0.442. The van der Waals surface area contributed by atoms with Crippen LogP contribution in [0.2, 0.25) is 0 Å². The molecule has 0 aliphatic heterocycles. The standard InChI is InChI=1S/C13H26BNO/c14-13(16)15-12-10-8-6-4-2-1-3-5-7-9-11-12/h12H,1-11,14H2,(H,15,16). The van der Waals surface area contributed by atoms with E-state index in [0.717, 1.165) is 0 Å². The second-order valence-corrected chi connectivity index (χ2v) is 5.16. The summed E-state index contributed by atoms with van der Waals surface area (Å²) in [5, 5.41) is 3.09. The van der Waals surface area contributed by atoms with Crippen LogP contribution in [0.5, 0.6) is 0 Å². The van der Waals surface area contributed by atoms with Gasteiger partial charge in [-0.05, 0) is 12.8 Å². The van der Waals surface area contributed by atoms with E-state index in [1.54, 1.807) is 7.85 Å². The lowest BCUT2D eigenvalue weighted by atomic mass is 9.97. The van der Waals surface area contributed by atoms with Gasteiger partial charge in [0.1, 0.15) is 0 Å². The summed E-state index contributed by atoms with van der Waals surface area (Å²) in [6.45, 7) is 0. The molecule has 1 N–H and O–H groups in total. The van der Waals surface area contributed by atoms with Crippen molar-refractivity contribution in [2.75, 3.05) is 0 Å². The van der Waals surface area contributed by atoms with Crippen LogP contribution in [0.25, 0.3) is 0 Å². The van der Waals surface area contributed by atoms with Crippen molar-refractivity contribution in [3.05, 3.63) is 0 Å². The van der Waals surface area contributed by atoms with Crippen LogP contribution < -0.4 is 5.32 Å². The number of hydrogen-bond donors (Lipinski definition) is 1. The van der Waals surface area contributed by atoms with Gasteiger partial charge in [0, 0.05) is 6.04 Å². The summed E-state index contributed by atoms with van der Waals surface area (Å²) in [7, 11) is 1.64. The number of rotatable bonds is 1. The molecule has 0 spiro atoms. The fourth-order valence-corrected chi connectivity index (χ4v) is 2.60. The van der Waals surface area contributed by atoms with Gasteiger partial charge in [0.2, 0.25) is 7.85 Å². The molecule has 0 aromatic heterocycles. The Morgan fingerprint density at radius 1 is 0.812 bits per heavy atom. The molecule has 0 heterocycles. The van der Waals surface area contributed by atoms with Gasteiger partial charge < -0.3 is 5.32 Å². The lowest BCUT2D eigenvalue weighted by Gasteiger charge is -2.18. The van der Waals surface area contributed by atoms with Crippen LogP contribution >= 0.6 is 0 Å². The molecule has 16 heavy (non-hydrogen) atoms. The van der Waals surface area contributed by atoms with Crippen molar-refractivity contribution in [1.82, 2.24) is 5.32 Å². The predicted octanol–water partition coefficient (Wildman–Crippen LogP) is 3.00. The highest BCUT2D eigenvalue weighted by Gasteiger charge is 2.09. The van der Waals surface area contributed by atoms with E-state index >= 15 is 0 Å². The molecule has 3 heteroatoms. The quantitative estimate of drug-likeness (QED) is 0.680. The topological polar surface area (TPSA) is 29.1 Å². The smallest absolute Gasteiger partial charge is 0.215 e. The van der Waals surface area contributed by atoms with Crippen molar-refractivity contribution >= 4 is 13.7 Å². The highest BCUT2D eigenvalue weighted by atomic mass is 16.1. The van der Waals surface area contributed by atoms with E-state index in [9.17, 15) is 4.79 Å². The Morgan fingerprint density at radius 2 is 1.19 bits per heavy atom. The first-order valence-electron chi connectivity index (χ1n) is 7.06. The fraction of sp³-hybridized carbons (Fsp3) is 0.923. The van der Waals surface area contributed by atoms with Crippen LogP contribution in [0.1, 0.15) is 70.6 Å². The Bertz CT molecular complexity index is 184. The molecule has 1 rings (SSSR count). The lowest BCUT2D eigenvalue weighted by molar-refractivity contribution is 0.254. The van der Waals surface area contributed by atoms with Crippen LogP contribution in [0.3, 0.4) is 0 Å². The molecule has 0 unspecified atom stereocenters. The number of nitrogens with one attached hydrogen (secondary N) is 1. The molecule has 1 fully saturated rings. The molecule has 0 aromatic carbocycles. The fourth-order valence-electron chi connectivity index (χ4n) is 2.60. The number of amides is 1. The molecule has 1 amide bonds. The molecule has 1 aliphatic rings. The van der Waals surface area contributed by atoms with Gasteiger partial charge in [0.05, 0.1) is 0 Å². The zero-order valence-electron chi connectivity index (χ0n) is 10.8. The second kappa shape index (κ2) is 8.66. The van der Waals surface area contributed by atoms with Crippen molar-refractivity contribution in [3.8, 4) is 0 Å². The van der Waals surface area contributed by atoms with Gasteiger partial charge in [-0.3, -0.25) is 4.79 Å². The zero-order valence-corrected chi connectivity index (χ0v) is 10.8. The minimum Gasteiger partial charge on any atom is -0.363 e. The molecule has 0 bridgehead atoms. The Balaban J connectivity index is 2.27. The SMILES string of the molecule is BC(=O)NC1CCCCCCCCCCC1. The molecule has 2 nitrogen and oxygen atoms in total. The third-order valence-corrected chi connectivity index (χ3v) is 3.51. The van der Waals surface area contributed by atoms with Gasteiger partial charge in [-0.15, -0.1) is 0 Å². The molecular formula is C13H26BNO. The third kappa shape index (κ3) is 6.92. The van der Waals surface area contributed by atoms with Crippen LogP contribution in [0, 0.1) is 0 Å². The van der Waals surface area contributed by atoms with Crippen LogP contribution in [-0.2, 0) is 0 Å². The van der Waals surface area contributed by atoms with E-state index in [2.05, 4.69) is 5.32 Å². The molecule has 1 aliphatic carbocycles. The van der Waals surface area contributed by atoms with E-state index in [-0.39, 0.29) is 5.81 Å². The third-order valence-electron chi connectivity index (χ3n) is 3.51. The van der Waals surface area contributed by atoms with E-state index in [0.29, 0.717) is 6.04 Å². The highest BCUT2D eigenvalue weighted by molar-refractivity contribution is 6.57. The normalized spacial score (nSPS) is 21.8. The Labute approximate surface area is 101 Å². The molecule has 0 radical (unpaired) electrons. The maximum Gasteiger partial charge on any atom is 0.215 e. The molecule has 0 saturated heterocycles. The van der Waals surface area contributed by atoms with Crippen molar-refractivity contribution in [3.63, 3.8) is 0 Å². The molecule has 92 valence electrons. The minimum atomic E-state index is 0.136. The first kappa shape index (κ1) is 13.6. The van der Waals surface area contributed by atoms with Crippen molar-refractivity contribution in [2.24, 2.45) is 0 Å². The van der Waals surface area contributed by atoms with Crippen LogP contribution in [-0.4, -0.2) is 19.7 Å². The average molecular weight is 223 g/mol. The Kier molecular flexibility index (Phi) is 7.36. The van der Waals surface area contributed by atoms with Gasteiger partial charge in [0.25, 0.3) is 0 Å². The Morgan fingerprint density at radius 3 is 1.56 bits per heavy atom. The number of carbonyl (C=O) groups excluding carboxylic acids is 1. The summed E-state index contributed by atoms with van der Waals surface area (Å²) in [5.41, 5.74) is 0. The van der Waals surface area contributed by atoms with E-state index in [1.165, 1.54) is 70.6 Å². The molecule has 1 saturated carbocycles. The van der Waals surface area contributed by atoms with Gasteiger partial charge >= 0.3 is 0 Å². The summed E-state index contributed by atoms with van der Waals surface area (Å²) >= 11 is 0. The minimum absolute atomic E-state index is 0.136. The van der Waals surface area contributed by atoms with E-state index < -0.39 is 0 Å². The van der Waals surface area contributed by atoms with Crippen molar-refractivity contribution in [2.45, 2.75) is 76.7 Å². The number of hydrogen-bond acceptors (Lipinski definition) is 1. The van der Waals surface area contributed by atoms with Gasteiger partial charge in [-0.2, -0.15) is 0 Å². The van der Waals surface area contributed by atoms with Gasteiger partial charge in [-0.1, -0.05) is 57.8 Å². The maximum atomic E-state index is 11.1. The van der Waals surface area contributed by atoms with Crippen LogP contribution in [0.4, 0.5) is 4.79 Å². The Hall–Kier alpha value is -0.465. The maximum absolute atomic E-state index is 11.1. The number of carbonyl (C=O) groups is 1. The van der Waals surface area contributed by atoms with Gasteiger partial charge in [-0.25, -0.2) is 0 Å².